The fraction of sp³-hybridized carbons (Fsp3) is 0.214. The number of carbonyl (C=O) groups excluding carboxylic acids is 1. The first-order valence-electron chi connectivity index (χ1n) is 6.43. The van der Waals surface area contributed by atoms with Crippen molar-refractivity contribution in [2.75, 3.05) is 11.9 Å². The Labute approximate surface area is 132 Å². The van der Waals surface area contributed by atoms with E-state index in [4.69, 9.17) is 23.2 Å². The summed E-state index contributed by atoms with van der Waals surface area (Å²) in [5.41, 5.74) is 0.934. The minimum absolute atomic E-state index is 0.195. The van der Waals surface area contributed by atoms with Gasteiger partial charge in [-0.1, -0.05) is 36.2 Å². The maximum absolute atomic E-state index is 11.7. The highest BCUT2D eigenvalue weighted by atomic mass is 35.5. The molecule has 0 aliphatic heterocycles. The summed E-state index contributed by atoms with van der Waals surface area (Å²) < 4.78 is 0. The summed E-state index contributed by atoms with van der Waals surface area (Å²) in [4.78, 5) is 19.9. The summed E-state index contributed by atoms with van der Waals surface area (Å²) in [5.74, 6) is 0.121. The number of carbonyl (C=O) groups is 1. The number of nitrogens with zero attached hydrogens (tertiary/aromatic N) is 2. The maximum atomic E-state index is 11.7. The van der Waals surface area contributed by atoms with E-state index in [0.717, 1.165) is 6.42 Å². The molecule has 2 aromatic rings. The lowest BCUT2D eigenvalue weighted by atomic mass is 10.3. The van der Waals surface area contributed by atoms with Gasteiger partial charge in [0, 0.05) is 18.9 Å². The Hall–Kier alpha value is -1.85. The lowest BCUT2D eigenvalue weighted by Crippen LogP contribution is -2.24. The first kappa shape index (κ1) is 15.5. The van der Waals surface area contributed by atoms with Gasteiger partial charge < -0.3 is 10.6 Å². The molecule has 0 saturated carbocycles. The van der Waals surface area contributed by atoms with Crippen molar-refractivity contribution in [3.05, 3.63) is 46.2 Å². The third kappa shape index (κ3) is 4.06. The summed E-state index contributed by atoms with van der Waals surface area (Å²) in [5, 5.41) is 6.62. The van der Waals surface area contributed by atoms with Crippen LogP contribution in [0.4, 0.5) is 11.6 Å². The number of aromatic nitrogens is 2. The van der Waals surface area contributed by atoms with Crippen LogP contribution < -0.4 is 10.6 Å². The largest absolute Gasteiger partial charge is 0.352 e. The topological polar surface area (TPSA) is 66.9 Å². The Kier molecular flexibility index (Phi) is 5.36. The van der Waals surface area contributed by atoms with Gasteiger partial charge in [0.2, 0.25) is 5.95 Å². The van der Waals surface area contributed by atoms with Crippen LogP contribution in [0, 0.1) is 0 Å². The molecule has 1 heterocycles. The molecule has 5 nitrogen and oxygen atoms in total. The Morgan fingerprint density at radius 2 is 1.81 bits per heavy atom. The summed E-state index contributed by atoms with van der Waals surface area (Å²) in [6.45, 7) is 2.60. The third-order valence-electron chi connectivity index (χ3n) is 2.65. The summed E-state index contributed by atoms with van der Waals surface area (Å²) in [7, 11) is 0. The highest BCUT2D eigenvalue weighted by Gasteiger charge is 2.09. The van der Waals surface area contributed by atoms with Crippen LogP contribution >= 0.6 is 23.2 Å². The van der Waals surface area contributed by atoms with Crippen molar-refractivity contribution in [3.8, 4) is 0 Å². The molecule has 21 heavy (non-hydrogen) atoms. The average molecular weight is 325 g/mol. The first-order chi connectivity index (χ1) is 10.1. The highest BCUT2D eigenvalue weighted by Crippen LogP contribution is 2.31. The molecule has 2 N–H and O–H groups in total. The zero-order valence-corrected chi connectivity index (χ0v) is 12.9. The maximum Gasteiger partial charge on any atom is 0.254 e. The highest BCUT2D eigenvalue weighted by molar-refractivity contribution is 6.39. The summed E-state index contributed by atoms with van der Waals surface area (Å²) in [6, 6.07) is 5.17. The molecule has 0 aliphatic rings. The third-order valence-corrected chi connectivity index (χ3v) is 3.28. The number of amides is 1. The van der Waals surface area contributed by atoms with Crippen molar-refractivity contribution in [1.29, 1.82) is 0 Å². The monoisotopic (exact) mass is 324 g/mol. The molecule has 2 rings (SSSR count). The van der Waals surface area contributed by atoms with Gasteiger partial charge in [0.1, 0.15) is 0 Å². The number of rotatable bonds is 5. The van der Waals surface area contributed by atoms with Crippen LogP contribution in [0.5, 0.6) is 0 Å². The molecule has 1 amide bonds. The number of para-hydroxylation sites is 1. The zero-order chi connectivity index (χ0) is 15.2. The smallest absolute Gasteiger partial charge is 0.254 e. The van der Waals surface area contributed by atoms with Gasteiger partial charge in [-0.3, -0.25) is 4.79 Å². The predicted octanol–water partition coefficient (Wildman–Crippen LogP) is 3.67. The molecule has 0 atom stereocenters. The fourth-order valence-corrected chi connectivity index (χ4v) is 2.07. The zero-order valence-electron chi connectivity index (χ0n) is 11.4. The second-order valence-electron chi connectivity index (χ2n) is 4.27. The van der Waals surface area contributed by atoms with Gasteiger partial charge in [0.15, 0.2) is 0 Å². The number of halogens is 2. The SMILES string of the molecule is CCCNC(=O)c1cnc(Nc2c(Cl)cccc2Cl)nc1. The lowest BCUT2D eigenvalue weighted by molar-refractivity contribution is 0.0953. The number of hydrogen-bond acceptors (Lipinski definition) is 4. The van der Waals surface area contributed by atoms with E-state index >= 15 is 0 Å². The van der Waals surface area contributed by atoms with E-state index in [2.05, 4.69) is 20.6 Å². The molecule has 1 aromatic carbocycles. The van der Waals surface area contributed by atoms with Crippen LogP contribution in [0.25, 0.3) is 0 Å². The second kappa shape index (κ2) is 7.24. The van der Waals surface area contributed by atoms with Gasteiger partial charge in [-0.15, -0.1) is 0 Å². The van der Waals surface area contributed by atoms with E-state index in [1.807, 2.05) is 6.92 Å². The van der Waals surface area contributed by atoms with E-state index in [1.165, 1.54) is 12.4 Å². The normalized spacial score (nSPS) is 10.2. The first-order valence-corrected chi connectivity index (χ1v) is 7.18. The summed E-state index contributed by atoms with van der Waals surface area (Å²) in [6.07, 6.45) is 3.77. The van der Waals surface area contributed by atoms with Gasteiger partial charge >= 0.3 is 0 Å². The molecule has 0 spiro atoms. The molecule has 0 radical (unpaired) electrons. The van der Waals surface area contributed by atoms with Crippen LogP contribution in [0.3, 0.4) is 0 Å². The van der Waals surface area contributed by atoms with Crippen molar-refractivity contribution in [2.45, 2.75) is 13.3 Å². The van der Waals surface area contributed by atoms with Crippen molar-refractivity contribution in [2.24, 2.45) is 0 Å². The summed E-state index contributed by atoms with van der Waals surface area (Å²) >= 11 is 12.1. The van der Waals surface area contributed by atoms with E-state index in [1.54, 1.807) is 18.2 Å². The number of nitrogens with one attached hydrogen (secondary N) is 2. The Balaban J connectivity index is 2.11. The minimum atomic E-state index is -0.195. The molecule has 0 fully saturated rings. The van der Waals surface area contributed by atoms with Gasteiger partial charge in [-0.25, -0.2) is 9.97 Å². The van der Waals surface area contributed by atoms with E-state index < -0.39 is 0 Å². The van der Waals surface area contributed by atoms with Gasteiger partial charge in [-0.05, 0) is 18.6 Å². The minimum Gasteiger partial charge on any atom is -0.352 e. The van der Waals surface area contributed by atoms with Crippen LogP contribution in [0.15, 0.2) is 30.6 Å². The van der Waals surface area contributed by atoms with Crippen LogP contribution in [-0.2, 0) is 0 Å². The molecule has 0 unspecified atom stereocenters. The quantitative estimate of drug-likeness (QED) is 0.880. The van der Waals surface area contributed by atoms with Crippen LogP contribution in [0.1, 0.15) is 23.7 Å². The van der Waals surface area contributed by atoms with Crippen LogP contribution in [0.2, 0.25) is 10.0 Å². The molecular weight excluding hydrogens is 311 g/mol. The van der Waals surface area contributed by atoms with Crippen molar-refractivity contribution in [3.63, 3.8) is 0 Å². The van der Waals surface area contributed by atoms with Crippen molar-refractivity contribution in [1.82, 2.24) is 15.3 Å². The molecule has 0 aliphatic carbocycles. The Morgan fingerprint density at radius 1 is 1.19 bits per heavy atom. The standard InChI is InChI=1S/C14H14Cl2N4O/c1-2-6-17-13(21)9-7-18-14(19-8-9)20-12-10(15)4-3-5-11(12)16/h3-5,7-8H,2,6H2,1H3,(H,17,21)(H,18,19,20). The molecule has 0 saturated heterocycles. The van der Waals surface area contributed by atoms with Gasteiger partial charge in [0.25, 0.3) is 5.91 Å². The molecular formula is C14H14Cl2N4O. The predicted molar refractivity (Wildman–Crippen MR) is 84.4 cm³/mol. The molecule has 0 bridgehead atoms. The fourth-order valence-electron chi connectivity index (χ4n) is 1.58. The number of anilines is 2. The number of benzene rings is 1. The Morgan fingerprint density at radius 3 is 2.38 bits per heavy atom. The molecule has 1 aromatic heterocycles. The van der Waals surface area contributed by atoms with Crippen molar-refractivity contribution >= 4 is 40.7 Å². The van der Waals surface area contributed by atoms with Crippen molar-refractivity contribution < 1.29 is 4.79 Å². The second-order valence-corrected chi connectivity index (χ2v) is 5.09. The number of hydrogen-bond donors (Lipinski definition) is 2. The van der Waals surface area contributed by atoms with Crippen LogP contribution in [-0.4, -0.2) is 22.4 Å². The molecule has 110 valence electrons. The Bertz CT molecular complexity index is 611. The van der Waals surface area contributed by atoms with Gasteiger partial charge in [0.05, 0.1) is 21.3 Å². The lowest BCUT2D eigenvalue weighted by Gasteiger charge is -2.09. The van der Waals surface area contributed by atoms with E-state index in [9.17, 15) is 4.79 Å². The molecule has 7 heteroatoms. The van der Waals surface area contributed by atoms with E-state index in [-0.39, 0.29) is 5.91 Å². The average Bonchev–Trinajstić information content (AvgIpc) is 2.49. The van der Waals surface area contributed by atoms with E-state index in [0.29, 0.717) is 33.8 Å². The van der Waals surface area contributed by atoms with Gasteiger partial charge in [-0.2, -0.15) is 0 Å².